The number of hydrogen-bond donors (Lipinski definition) is 1. The number of hydrogen-bond acceptors (Lipinski definition) is 6. The molecule has 0 atom stereocenters. The number of nitrogens with two attached hydrogens (primary N) is 1. The lowest BCUT2D eigenvalue weighted by Gasteiger charge is -2.30. The molecule has 3 heterocycles. The summed E-state index contributed by atoms with van der Waals surface area (Å²) in [5.74, 6) is -0.346. The smallest absolute Gasteiger partial charge is 0.309 e. The maximum atomic E-state index is 12.9. The highest BCUT2D eigenvalue weighted by Gasteiger charge is 2.30. The van der Waals surface area contributed by atoms with Gasteiger partial charge in [-0.25, -0.2) is 4.98 Å². The second kappa shape index (κ2) is 7.00. The van der Waals surface area contributed by atoms with Gasteiger partial charge in [0.1, 0.15) is 9.71 Å². The molecular formula is C18H23N3O3S. The standard InChI is InChI=1S/C18H23N3O3S/c1-4-24-18(23)12-5-7-21(8-6-12)17(22)15-14(19)13-10(2)9-11(3)20-16(13)25-15/h9,12H,4-8,19H2,1-3H3. The fraction of sp³-hybridized carbons (Fsp3) is 0.500. The maximum absolute atomic E-state index is 12.9. The molecule has 2 aromatic rings. The highest BCUT2D eigenvalue weighted by Crippen LogP contribution is 2.36. The molecule has 1 amide bonds. The summed E-state index contributed by atoms with van der Waals surface area (Å²) in [6.45, 7) is 7.20. The van der Waals surface area contributed by atoms with E-state index in [0.29, 0.717) is 43.1 Å². The van der Waals surface area contributed by atoms with E-state index < -0.39 is 0 Å². The Labute approximate surface area is 151 Å². The Balaban J connectivity index is 1.78. The highest BCUT2D eigenvalue weighted by atomic mass is 32.1. The molecule has 1 saturated heterocycles. The van der Waals surface area contributed by atoms with Crippen molar-refractivity contribution in [3.05, 3.63) is 22.2 Å². The summed E-state index contributed by atoms with van der Waals surface area (Å²) in [5, 5.41) is 0.875. The molecule has 0 unspecified atom stereocenters. The first-order valence-corrected chi connectivity index (χ1v) is 9.36. The molecule has 0 saturated carbocycles. The van der Waals surface area contributed by atoms with Gasteiger partial charge in [-0.05, 0) is 45.2 Å². The van der Waals surface area contributed by atoms with E-state index in [4.69, 9.17) is 10.5 Å². The third-order valence-corrected chi connectivity index (χ3v) is 5.71. The number of fused-ring (bicyclic) bond motifs is 1. The minimum absolute atomic E-state index is 0.0696. The summed E-state index contributed by atoms with van der Waals surface area (Å²) in [6.07, 6.45) is 1.26. The number of thiophene rings is 1. The molecule has 0 radical (unpaired) electrons. The Bertz CT molecular complexity index is 823. The Morgan fingerprint density at radius 3 is 2.68 bits per heavy atom. The van der Waals surface area contributed by atoms with Crippen LogP contribution in [0.3, 0.4) is 0 Å². The molecule has 0 bridgehead atoms. The van der Waals surface area contributed by atoms with Crippen LogP contribution < -0.4 is 5.73 Å². The first-order chi connectivity index (χ1) is 11.9. The monoisotopic (exact) mass is 361 g/mol. The van der Waals surface area contributed by atoms with Crippen molar-refractivity contribution in [2.24, 2.45) is 5.92 Å². The summed E-state index contributed by atoms with van der Waals surface area (Å²) in [4.78, 5) is 32.4. The van der Waals surface area contributed by atoms with Gasteiger partial charge in [0, 0.05) is 24.2 Å². The van der Waals surface area contributed by atoms with Crippen LogP contribution in [0.5, 0.6) is 0 Å². The first kappa shape index (κ1) is 17.7. The number of amides is 1. The van der Waals surface area contributed by atoms with Gasteiger partial charge in [0.05, 0.1) is 18.2 Å². The van der Waals surface area contributed by atoms with Crippen LogP contribution in [0.1, 0.15) is 40.7 Å². The SMILES string of the molecule is CCOC(=O)C1CCN(C(=O)c2sc3nc(C)cc(C)c3c2N)CC1. The fourth-order valence-corrected chi connectivity index (χ4v) is 4.53. The van der Waals surface area contributed by atoms with Crippen molar-refractivity contribution in [3.63, 3.8) is 0 Å². The average molecular weight is 361 g/mol. The van der Waals surface area contributed by atoms with Crippen molar-refractivity contribution in [1.82, 2.24) is 9.88 Å². The number of aryl methyl sites for hydroxylation is 2. The topological polar surface area (TPSA) is 85.5 Å². The summed E-state index contributed by atoms with van der Waals surface area (Å²) < 4.78 is 5.08. The van der Waals surface area contributed by atoms with Crippen LogP contribution in [0.4, 0.5) is 5.69 Å². The molecule has 0 aliphatic carbocycles. The number of piperidine rings is 1. The number of pyridine rings is 1. The van der Waals surface area contributed by atoms with Gasteiger partial charge in [-0.1, -0.05) is 0 Å². The second-order valence-corrected chi connectivity index (χ2v) is 7.42. The number of nitrogen functional groups attached to an aromatic ring is 1. The van der Waals surface area contributed by atoms with Crippen LogP contribution in [0.25, 0.3) is 10.2 Å². The van der Waals surface area contributed by atoms with Crippen molar-refractivity contribution in [1.29, 1.82) is 0 Å². The third-order valence-electron chi connectivity index (χ3n) is 4.62. The van der Waals surface area contributed by atoms with Crippen molar-refractivity contribution in [2.45, 2.75) is 33.6 Å². The summed E-state index contributed by atoms with van der Waals surface area (Å²) in [5.41, 5.74) is 8.73. The number of carbonyl (C=O) groups is 2. The molecule has 7 heteroatoms. The van der Waals surface area contributed by atoms with Crippen molar-refractivity contribution < 1.29 is 14.3 Å². The summed E-state index contributed by atoms with van der Waals surface area (Å²) in [6, 6.07) is 1.98. The van der Waals surface area contributed by atoms with E-state index in [-0.39, 0.29) is 17.8 Å². The van der Waals surface area contributed by atoms with Crippen molar-refractivity contribution in [3.8, 4) is 0 Å². The van der Waals surface area contributed by atoms with E-state index in [1.165, 1.54) is 11.3 Å². The Hall–Kier alpha value is -2.15. The molecule has 134 valence electrons. The number of carbonyl (C=O) groups excluding carboxylic acids is 2. The number of rotatable bonds is 3. The van der Waals surface area contributed by atoms with Crippen LogP contribution in [0.15, 0.2) is 6.07 Å². The molecule has 1 fully saturated rings. The van der Waals surface area contributed by atoms with E-state index in [0.717, 1.165) is 21.5 Å². The van der Waals surface area contributed by atoms with Crippen molar-refractivity contribution >= 4 is 39.1 Å². The van der Waals surface area contributed by atoms with E-state index in [1.54, 1.807) is 11.8 Å². The molecule has 3 rings (SSSR count). The van der Waals surface area contributed by atoms with Crippen LogP contribution in [-0.2, 0) is 9.53 Å². The number of likely N-dealkylation sites (tertiary alicyclic amines) is 1. The van der Waals surface area contributed by atoms with Gasteiger partial charge in [-0.15, -0.1) is 11.3 Å². The summed E-state index contributed by atoms with van der Waals surface area (Å²) >= 11 is 1.35. The van der Waals surface area contributed by atoms with Crippen LogP contribution in [0, 0.1) is 19.8 Å². The normalized spacial score (nSPS) is 15.6. The van der Waals surface area contributed by atoms with E-state index in [2.05, 4.69) is 4.98 Å². The van der Waals surface area contributed by atoms with E-state index in [9.17, 15) is 9.59 Å². The zero-order chi connectivity index (χ0) is 18.1. The largest absolute Gasteiger partial charge is 0.466 e. The molecule has 1 aliphatic heterocycles. The van der Waals surface area contributed by atoms with Gasteiger partial charge in [0.2, 0.25) is 0 Å². The van der Waals surface area contributed by atoms with E-state index in [1.807, 2.05) is 19.9 Å². The predicted octanol–water partition coefficient (Wildman–Crippen LogP) is 2.91. The van der Waals surface area contributed by atoms with Crippen LogP contribution in [0.2, 0.25) is 0 Å². The van der Waals surface area contributed by atoms with Gasteiger partial charge >= 0.3 is 5.97 Å². The van der Waals surface area contributed by atoms with Crippen LogP contribution in [-0.4, -0.2) is 41.5 Å². The van der Waals surface area contributed by atoms with Gasteiger partial charge in [-0.3, -0.25) is 9.59 Å². The number of esters is 1. The predicted molar refractivity (Wildman–Crippen MR) is 98.8 cm³/mol. The molecular weight excluding hydrogens is 338 g/mol. The fourth-order valence-electron chi connectivity index (χ4n) is 3.35. The highest BCUT2D eigenvalue weighted by molar-refractivity contribution is 7.21. The number of aromatic nitrogens is 1. The Morgan fingerprint density at radius 2 is 2.04 bits per heavy atom. The molecule has 25 heavy (non-hydrogen) atoms. The lowest BCUT2D eigenvalue weighted by Crippen LogP contribution is -2.40. The number of anilines is 1. The van der Waals surface area contributed by atoms with Gasteiger partial charge in [0.15, 0.2) is 0 Å². The van der Waals surface area contributed by atoms with Gasteiger partial charge in [0.25, 0.3) is 5.91 Å². The lowest BCUT2D eigenvalue weighted by atomic mass is 9.97. The number of ether oxygens (including phenoxy) is 1. The van der Waals surface area contributed by atoms with Crippen molar-refractivity contribution in [2.75, 3.05) is 25.4 Å². The Kier molecular flexibility index (Phi) is 4.94. The van der Waals surface area contributed by atoms with Gasteiger partial charge in [-0.2, -0.15) is 0 Å². The third kappa shape index (κ3) is 3.33. The molecule has 2 aromatic heterocycles. The maximum Gasteiger partial charge on any atom is 0.309 e. The minimum Gasteiger partial charge on any atom is -0.466 e. The van der Waals surface area contributed by atoms with E-state index >= 15 is 0 Å². The molecule has 6 nitrogen and oxygen atoms in total. The molecule has 0 spiro atoms. The minimum atomic E-state index is -0.161. The number of nitrogens with zero attached hydrogens (tertiary/aromatic N) is 2. The molecule has 2 N–H and O–H groups in total. The molecule has 0 aromatic carbocycles. The van der Waals surface area contributed by atoms with Gasteiger partial charge < -0.3 is 15.4 Å². The Morgan fingerprint density at radius 1 is 1.36 bits per heavy atom. The second-order valence-electron chi connectivity index (χ2n) is 6.42. The first-order valence-electron chi connectivity index (χ1n) is 8.54. The molecule has 1 aliphatic rings. The quantitative estimate of drug-likeness (QED) is 0.850. The zero-order valence-electron chi connectivity index (χ0n) is 14.8. The lowest BCUT2D eigenvalue weighted by molar-refractivity contribution is -0.149. The average Bonchev–Trinajstić information content (AvgIpc) is 2.91. The van der Waals surface area contributed by atoms with Crippen LogP contribution >= 0.6 is 11.3 Å². The summed E-state index contributed by atoms with van der Waals surface area (Å²) in [7, 11) is 0. The zero-order valence-corrected chi connectivity index (χ0v) is 15.6.